The average Bonchev–Trinajstić information content (AvgIpc) is 2.80. The molecule has 0 aromatic rings. The van der Waals surface area contributed by atoms with Gasteiger partial charge in [0.2, 0.25) is 5.91 Å². The third-order valence-corrected chi connectivity index (χ3v) is 6.34. The first-order valence-corrected chi connectivity index (χ1v) is 12.5. The van der Waals surface area contributed by atoms with Crippen molar-refractivity contribution in [3.8, 4) is 0 Å². The van der Waals surface area contributed by atoms with Crippen LogP contribution in [0.2, 0.25) is 0 Å². The molecule has 2 fully saturated rings. The van der Waals surface area contributed by atoms with E-state index in [0.29, 0.717) is 32.5 Å². The summed E-state index contributed by atoms with van der Waals surface area (Å²) in [5.74, 6) is -0.428. The molecule has 2 aliphatic heterocycles. The van der Waals surface area contributed by atoms with Crippen LogP contribution in [0, 0.1) is 0 Å². The van der Waals surface area contributed by atoms with Crippen molar-refractivity contribution in [3.63, 3.8) is 0 Å². The van der Waals surface area contributed by atoms with Gasteiger partial charge in [-0.1, -0.05) is 45.4 Å². The van der Waals surface area contributed by atoms with Crippen LogP contribution in [0.5, 0.6) is 0 Å². The van der Waals surface area contributed by atoms with Crippen molar-refractivity contribution in [2.45, 2.75) is 109 Å². The van der Waals surface area contributed by atoms with E-state index in [2.05, 4.69) is 6.92 Å². The van der Waals surface area contributed by atoms with Crippen molar-refractivity contribution in [1.82, 2.24) is 9.80 Å². The molecule has 2 aliphatic rings. The van der Waals surface area contributed by atoms with Crippen molar-refractivity contribution in [3.05, 3.63) is 0 Å². The normalized spacial score (nSPS) is 21.6. The van der Waals surface area contributed by atoms with Gasteiger partial charge in [-0.15, -0.1) is 0 Å². The lowest BCUT2D eigenvalue weighted by Crippen LogP contribution is -2.58. The molecule has 2 heterocycles. The van der Waals surface area contributed by atoms with E-state index >= 15 is 0 Å². The zero-order valence-electron chi connectivity index (χ0n) is 19.6. The fourth-order valence-electron chi connectivity index (χ4n) is 4.57. The lowest BCUT2D eigenvalue weighted by Gasteiger charge is -2.40. The Bertz CT molecular complexity index is 568. The van der Waals surface area contributed by atoms with E-state index in [-0.39, 0.29) is 18.5 Å². The first-order chi connectivity index (χ1) is 15.1. The first-order valence-electron chi connectivity index (χ1n) is 12.5. The number of unbranched alkanes of at least 4 members (excludes halogenated alkanes) is 6. The molecule has 0 aliphatic carbocycles. The van der Waals surface area contributed by atoms with Gasteiger partial charge in [-0.05, 0) is 51.9 Å². The molecule has 31 heavy (non-hydrogen) atoms. The van der Waals surface area contributed by atoms with Crippen LogP contribution >= 0.6 is 0 Å². The number of rotatable bonds is 11. The summed E-state index contributed by atoms with van der Waals surface area (Å²) >= 11 is 0. The second-order valence-electron chi connectivity index (χ2n) is 8.74. The fraction of sp³-hybridized carbons (Fsp3) is 0.875. The van der Waals surface area contributed by atoms with Crippen LogP contribution in [0.1, 0.15) is 97.3 Å². The lowest BCUT2D eigenvalue weighted by atomic mass is 9.97. The van der Waals surface area contributed by atoms with Gasteiger partial charge >= 0.3 is 12.1 Å². The Morgan fingerprint density at radius 3 is 2.03 bits per heavy atom. The predicted molar refractivity (Wildman–Crippen MR) is 120 cm³/mol. The van der Waals surface area contributed by atoms with Crippen LogP contribution in [-0.4, -0.2) is 66.2 Å². The van der Waals surface area contributed by atoms with Gasteiger partial charge in [0.15, 0.2) is 0 Å². The molecule has 2 saturated heterocycles. The summed E-state index contributed by atoms with van der Waals surface area (Å²) < 4.78 is 10.7. The van der Waals surface area contributed by atoms with E-state index in [0.717, 1.165) is 38.5 Å². The van der Waals surface area contributed by atoms with Crippen molar-refractivity contribution >= 4 is 18.0 Å². The van der Waals surface area contributed by atoms with Crippen LogP contribution in [0.3, 0.4) is 0 Å². The molecule has 0 radical (unpaired) electrons. The smallest absolute Gasteiger partial charge is 0.410 e. The zero-order valence-corrected chi connectivity index (χ0v) is 19.6. The summed E-state index contributed by atoms with van der Waals surface area (Å²) in [5, 5.41) is 0. The summed E-state index contributed by atoms with van der Waals surface area (Å²) in [5.41, 5.74) is 0. The average molecular weight is 439 g/mol. The van der Waals surface area contributed by atoms with Crippen molar-refractivity contribution in [2.75, 3.05) is 26.3 Å². The van der Waals surface area contributed by atoms with Crippen LogP contribution in [0.4, 0.5) is 4.79 Å². The highest BCUT2D eigenvalue weighted by Crippen LogP contribution is 2.25. The van der Waals surface area contributed by atoms with Gasteiger partial charge in [0.1, 0.15) is 12.1 Å². The maximum Gasteiger partial charge on any atom is 0.410 e. The van der Waals surface area contributed by atoms with E-state index < -0.39 is 18.2 Å². The monoisotopic (exact) mass is 438 g/mol. The summed E-state index contributed by atoms with van der Waals surface area (Å²) in [7, 11) is 0. The minimum atomic E-state index is -0.538. The third kappa shape index (κ3) is 8.00. The number of hydrogen-bond donors (Lipinski definition) is 0. The largest absolute Gasteiger partial charge is 0.464 e. The van der Waals surface area contributed by atoms with Gasteiger partial charge in [0, 0.05) is 13.1 Å². The number of hydrogen-bond acceptors (Lipinski definition) is 5. The first kappa shape index (κ1) is 25.5. The number of likely N-dealkylation sites (tertiary alicyclic amines) is 2. The second kappa shape index (κ2) is 14.3. The Kier molecular flexibility index (Phi) is 11.8. The molecule has 0 N–H and O–H groups in total. The van der Waals surface area contributed by atoms with Crippen LogP contribution < -0.4 is 0 Å². The molecule has 2 unspecified atom stereocenters. The van der Waals surface area contributed by atoms with Gasteiger partial charge in [-0.25, -0.2) is 9.59 Å². The Labute approximate surface area is 187 Å². The van der Waals surface area contributed by atoms with Crippen molar-refractivity contribution in [1.29, 1.82) is 0 Å². The number of carbonyl (C=O) groups excluding carboxylic acids is 3. The maximum atomic E-state index is 13.4. The fourth-order valence-corrected chi connectivity index (χ4v) is 4.57. The van der Waals surface area contributed by atoms with E-state index in [9.17, 15) is 14.4 Å². The maximum absolute atomic E-state index is 13.4. The molecular formula is C24H42N2O5. The van der Waals surface area contributed by atoms with Crippen LogP contribution in [0.15, 0.2) is 0 Å². The third-order valence-electron chi connectivity index (χ3n) is 6.34. The standard InChI is InChI=1S/C24H42N2O5/c1-3-5-6-7-8-9-14-19-31-23(28)21-16-11-12-17-25(21)22(27)20-15-10-13-18-26(20)24(29)30-4-2/h20-21H,3-19H2,1-2H3. The van der Waals surface area contributed by atoms with E-state index in [1.165, 1.54) is 32.1 Å². The molecule has 0 bridgehead atoms. The van der Waals surface area contributed by atoms with Gasteiger partial charge in [-0.2, -0.15) is 0 Å². The predicted octanol–water partition coefficient (Wildman–Crippen LogP) is 4.67. The summed E-state index contributed by atoms with van der Waals surface area (Å²) in [6, 6.07) is -1.07. The number of carbonyl (C=O) groups is 3. The molecule has 0 spiro atoms. The van der Waals surface area contributed by atoms with Crippen LogP contribution in [-0.2, 0) is 19.1 Å². The number of ether oxygens (including phenoxy) is 2. The molecule has 7 nitrogen and oxygen atoms in total. The topological polar surface area (TPSA) is 76.2 Å². The minimum absolute atomic E-state index is 0.134. The SMILES string of the molecule is CCCCCCCCCOC(=O)C1CCCCN1C(=O)C1CCCCN1C(=O)OCC. The summed E-state index contributed by atoms with van der Waals surface area (Å²) in [6.45, 7) is 5.75. The number of piperidine rings is 2. The van der Waals surface area contributed by atoms with E-state index in [4.69, 9.17) is 9.47 Å². The number of amides is 2. The lowest BCUT2D eigenvalue weighted by molar-refractivity contribution is -0.159. The Morgan fingerprint density at radius 1 is 0.742 bits per heavy atom. The Morgan fingerprint density at radius 2 is 1.35 bits per heavy atom. The highest BCUT2D eigenvalue weighted by atomic mass is 16.6. The molecule has 178 valence electrons. The highest BCUT2D eigenvalue weighted by Gasteiger charge is 2.40. The molecule has 2 amide bonds. The van der Waals surface area contributed by atoms with Gasteiger partial charge in [-0.3, -0.25) is 9.69 Å². The summed E-state index contributed by atoms with van der Waals surface area (Å²) in [6.07, 6.45) is 12.5. The molecule has 2 rings (SSSR count). The number of nitrogens with zero attached hydrogens (tertiary/aromatic N) is 2. The molecule has 0 aromatic heterocycles. The summed E-state index contributed by atoms with van der Waals surface area (Å²) in [4.78, 5) is 41.7. The highest BCUT2D eigenvalue weighted by molar-refractivity contribution is 5.90. The van der Waals surface area contributed by atoms with E-state index in [1.807, 2.05) is 0 Å². The van der Waals surface area contributed by atoms with Gasteiger partial charge in [0.05, 0.1) is 13.2 Å². The molecular weight excluding hydrogens is 396 g/mol. The second-order valence-corrected chi connectivity index (χ2v) is 8.74. The van der Waals surface area contributed by atoms with Crippen LogP contribution in [0.25, 0.3) is 0 Å². The van der Waals surface area contributed by atoms with Crippen molar-refractivity contribution < 1.29 is 23.9 Å². The zero-order chi connectivity index (χ0) is 22.5. The molecule has 7 heteroatoms. The quantitative estimate of drug-likeness (QED) is 0.346. The minimum Gasteiger partial charge on any atom is -0.464 e. The Balaban J connectivity index is 1.86. The molecule has 0 saturated carbocycles. The van der Waals surface area contributed by atoms with E-state index in [1.54, 1.807) is 16.7 Å². The molecule has 2 atom stereocenters. The van der Waals surface area contributed by atoms with Gasteiger partial charge < -0.3 is 14.4 Å². The van der Waals surface area contributed by atoms with Gasteiger partial charge in [0.25, 0.3) is 0 Å². The van der Waals surface area contributed by atoms with Crippen molar-refractivity contribution in [2.24, 2.45) is 0 Å². The Hall–Kier alpha value is -1.79. The number of esters is 1. The molecule has 0 aromatic carbocycles.